The van der Waals surface area contributed by atoms with Crippen molar-refractivity contribution < 1.29 is 0 Å². The van der Waals surface area contributed by atoms with Crippen LogP contribution in [0.5, 0.6) is 0 Å². The molecule has 0 spiro atoms. The zero-order chi connectivity index (χ0) is 23.6. The number of rotatable bonds is 4. The molecule has 1 aliphatic rings. The van der Waals surface area contributed by atoms with E-state index in [1.165, 1.54) is 16.8 Å². The molecule has 1 aliphatic heterocycles. The van der Waals surface area contributed by atoms with Gasteiger partial charge in [0.1, 0.15) is 0 Å². The highest BCUT2D eigenvalue weighted by Gasteiger charge is 2.13. The average molecular weight is 453 g/mol. The lowest BCUT2D eigenvalue weighted by Crippen LogP contribution is -2.01. The van der Waals surface area contributed by atoms with Crippen molar-refractivity contribution in [3.8, 4) is 45.3 Å². The molecule has 0 unspecified atom stereocenters. The van der Waals surface area contributed by atoms with E-state index in [-0.39, 0.29) is 0 Å². The summed E-state index contributed by atoms with van der Waals surface area (Å²) in [5, 5.41) is 0. The molecule has 168 valence electrons. The second-order valence-corrected chi connectivity index (χ2v) is 8.81. The van der Waals surface area contributed by atoms with Gasteiger partial charge in [0.2, 0.25) is 0 Å². The number of nitrogens with zero attached hydrogens (tertiary/aromatic N) is 4. The molecular weight excluding hydrogens is 428 g/mol. The van der Waals surface area contributed by atoms with Crippen LogP contribution in [0.4, 0.5) is 5.69 Å². The third-order valence-electron chi connectivity index (χ3n) is 6.33. The van der Waals surface area contributed by atoms with Gasteiger partial charge < -0.3 is 0 Å². The van der Waals surface area contributed by atoms with E-state index in [0.717, 1.165) is 40.8 Å². The first kappa shape index (κ1) is 21.1. The van der Waals surface area contributed by atoms with Gasteiger partial charge in [0.05, 0.1) is 5.69 Å². The van der Waals surface area contributed by atoms with Crippen molar-refractivity contribution in [2.45, 2.75) is 19.8 Å². The second-order valence-electron chi connectivity index (χ2n) is 8.81. The van der Waals surface area contributed by atoms with Crippen molar-refractivity contribution in [3.63, 3.8) is 0 Å². The van der Waals surface area contributed by atoms with Crippen LogP contribution in [0.25, 0.3) is 45.3 Å². The van der Waals surface area contributed by atoms with Crippen LogP contribution in [-0.2, 0) is 6.42 Å². The molecule has 0 N–H and O–H groups in total. The zero-order valence-electron chi connectivity index (χ0n) is 19.5. The summed E-state index contributed by atoms with van der Waals surface area (Å²) >= 11 is 0. The Hall–Kier alpha value is -4.44. The van der Waals surface area contributed by atoms with Crippen LogP contribution in [0.1, 0.15) is 18.9 Å². The highest BCUT2D eigenvalue weighted by atomic mass is 15.0. The van der Waals surface area contributed by atoms with E-state index >= 15 is 0 Å². The maximum absolute atomic E-state index is 4.83. The van der Waals surface area contributed by atoms with E-state index in [9.17, 15) is 0 Å². The van der Waals surface area contributed by atoms with Crippen molar-refractivity contribution in [1.82, 2.24) is 15.0 Å². The summed E-state index contributed by atoms with van der Waals surface area (Å²) in [5.74, 6) is 2.00. The Balaban J connectivity index is 1.39. The maximum Gasteiger partial charge on any atom is 0.164 e. The molecule has 0 amide bonds. The quantitative estimate of drug-likeness (QED) is 0.282. The van der Waals surface area contributed by atoms with Gasteiger partial charge in [-0.25, -0.2) is 15.0 Å². The van der Waals surface area contributed by atoms with Gasteiger partial charge in [-0.1, -0.05) is 97.1 Å². The van der Waals surface area contributed by atoms with Crippen molar-refractivity contribution in [2.75, 3.05) is 0 Å². The van der Waals surface area contributed by atoms with E-state index < -0.39 is 0 Å². The standard InChI is InChI=1S/C31H24N4/c1-21-12-13-23-16-19-27(20-28(23)32-21)22-14-17-26(18-15-22)31-34-29(24-8-4-2-5-9-24)33-30(35-31)25-10-6-3-7-11-25/h2-11,14-20H,12-13H2,1H3. The molecule has 1 aromatic heterocycles. The van der Waals surface area contributed by atoms with Gasteiger partial charge in [-0.2, -0.15) is 0 Å². The fraction of sp³-hybridized carbons (Fsp3) is 0.0968. The number of hydrogen-bond acceptors (Lipinski definition) is 4. The smallest absolute Gasteiger partial charge is 0.164 e. The summed E-state index contributed by atoms with van der Waals surface area (Å²) in [4.78, 5) is 19.2. The molecule has 6 rings (SSSR count). The molecule has 2 heterocycles. The maximum atomic E-state index is 4.83. The molecule has 35 heavy (non-hydrogen) atoms. The summed E-state index contributed by atoms with van der Waals surface area (Å²) in [6, 6.07) is 35.1. The first-order valence-electron chi connectivity index (χ1n) is 11.9. The summed E-state index contributed by atoms with van der Waals surface area (Å²) in [7, 11) is 0. The monoisotopic (exact) mass is 452 g/mol. The van der Waals surface area contributed by atoms with Crippen LogP contribution in [0.3, 0.4) is 0 Å². The summed E-state index contributed by atoms with van der Waals surface area (Å²) < 4.78 is 0. The van der Waals surface area contributed by atoms with Gasteiger partial charge in [-0.05, 0) is 42.5 Å². The Morgan fingerprint density at radius 3 is 1.54 bits per heavy atom. The summed E-state index contributed by atoms with van der Waals surface area (Å²) in [6.07, 6.45) is 2.11. The fourth-order valence-corrected chi connectivity index (χ4v) is 4.39. The lowest BCUT2D eigenvalue weighted by atomic mass is 9.97. The van der Waals surface area contributed by atoms with Gasteiger partial charge in [0.15, 0.2) is 17.5 Å². The lowest BCUT2D eigenvalue weighted by molar-refractivity contribution is 1.00. The molecule has 0 saturated heterocycles. The highest BCUT2D eigenvalue weighted by molar-refractivity contribution is 5.88. The van der Waals surface area contributed by atoms with E-state index in [4.69, 9.17) is 19.9 Å². The Morgan fingerprint density at radius 2 is 0.971 bits per heavy atom. The van der Waals surface area contributed by atoms with Gasteiger partial charge in [0, 0.05) is 22.4 Å². The largest absolute Gasteiger partial charge is 0.258 e. The molecule has 0 fully saturated rings. The van der Waals surface area contributed by atoms with E-state index in [1.807, 2.05) is 60.7 Å². The SMILES string of the molecule is CC1=Nc2cc(-c3ccc(-c4nc(-c5ccccc5)nc(-c5ccccc5)n4)cc3)ccc2CC1. The van der Waals surface area contributed by atoms with Crippen LogP contribution in [0, 0.1) is 0 Å². The van der Waals surface area contributed by atoms with Crippen LogP contribution >= 0.6 is 0 Å². The first-order valence-corrected chi connectivity index (χ1v) is 11.9. The fourth-order valence-electron chi connectivity index (χ4n) is 4.39. The van der Waals surface area contributed by atoms with E-state index in [0.29, 0.717) is 17.5 Å². The minimum atomic E-state index is 0.662. The van der Waals surface area contributed by atoms with Crippen molar-refractivity contribution >= 4 is 11.4 Å². The Morgan fingerprint density at radius 1 is 0.486 bits per heavy atom. The average Bonchev–Trinajstić information content (AvgIpc) is 2.93. The zero-order valence-corrected chi connectivity index (χ0v) is 19.5. The second kappa shape index (κ2) is 9.07. The number of fused-ring (bicyclic) bond motifs is 1. The van der Waals surface area contributed by atoms with Crippen LogP contribution < -0.4 is 0 Å². The molecule has 0 aliphatic carbocycles. The third kappa shape index (κ3) is 4.38. The molecule has 0 atom stereocenters. The van der Waals surface area contributed by atoms with Crippen molar-refractivity contribution in [3.05, 3.63) is 109 Å². The summed E-state index contributed by atoms with van der Waals surface area (Å²) in [5.41, 5.74) is 8.82. The highest BCUT2D eigenvalue weighted by Crippen LogP contribution is 2.32. The third-order valence-corrected chi connectivity index (χ3v) is 6.33. The van der Waals surface area contributed by atoms with Gasteiger partial charge in [-0.3, -0.25) is 4.99 Å². The van der Waals surface area contributed by atoms with Crippen molar-refractivity contribution in [2.24, 2.45) is 4.99 Å². The number of hydrogen-bond donors (Lipinski definition) is 0. The Bertz CT molecular complexity index is 1460. The number of aliphatic imine (C=N–C) groups is 1. The summed E-state index contributed by atoms with van der Waals surface area (Å²) in [6.45, 7) is 2.10. The number of benzene rings is 4. The molecule has 0 radical (unpaired) electrons. The molecule has 4 aromatic carbocycles. The molecule has 4 heteroatoms. The molecule has 5 aromatic rings. The van der Waals surface area contributed by atoms with E-state index in [2.05, 4.69) is 49.4 Å². The van der Waals surface area contributed by atoms with Gasteiger partial charge >= 0.3 is 0 Å². The predicted octanol–water partition coefficient (Wildman–Crippen LogP) is 7.58. The van der Waals surface area contributed by atoms with Crippen LogP contribution in [-0.4, -0.2) is 20.7 Å². The van der Waals surface area contributed by atoms with E-state index in [1.54, 1.807) is 0 Å². The lowest BCUT2D eigenvalue weighted by Gasteiger charge is -2.14. The van der Waals surface area contributed by atoms with Gasteiger partial charge in [0.25, 0.3) is 0 Å². The Labute approximate surface area is 205 Å². The topological polar surface area (TPSA) is 51.0 Å². The normalized spacial score (nSPS) is 12.7. The van der Waals surface area contributed by atoms with Crippen LogP contribution in [0.15, 0.2) is 108 Å². The molecule has 0 saturated carbocycles. The van der Waals surface area contributed by atoms with Crippen LogP contribution in [0.2, 0.25) is 0 Å². The molecular formula is C31H24N4. The Kier molecular flexibility index (Phi) is 5.47. The number of aromatic nitrogens is 3. The molecule has 0 bridgehead atoms. The minimum Gasteiger partial charge on any atom is -0.258 e. The van der Waals surface area contributed by atoms with Crippen molar-refractivity contribution in [1.29, 1.82) is 0 Å². The minimum absolute atomic E-state index is 0.662. The predicted molar refractivity (Wildman–Crippen MR) is 143 cm³/mol. The first-order chi connectivity index (χ1) is 17.2. The number of aryl methyl sites for hydroxylation is 1. The van der Waals surface area contributed by atoms with Gasteiger partial charge in [-0.15, -0.1) is 0 Å². The molecule has 4 nitrogen and oxygen atoms in total.